The van der Waals surface area contributed by atoms with Gasteiger partial charge < -0.3 is 15.5 Å². The fraction of sp³-hybridized carbons (Fsp3) is 0.733. The summed E-state index contributed by atoms with van der Waals surface area (Å²) < 4.78 is 0. The lowest BCUT2D eigenvalue weighted by atomic mass is 10.2. The molecule has 3 N–H and O–H groups in total. The number of carboxylic acid groups (broad SMARTS) is 1. The first-order valence-electron chi connectivity index (χ1n) is 7.47. The number of nitrogens with zero attached hydrogens (tertiary/aromatic N) is 1. The van der Waals surface area contributed by atoms with Crippen LogP contribution in [-0.2, 0) is 9.59 Å². The van der Waals surface area contributed by atoms with Crippen LogP contribution in [0.1, 0.15) is 46.5 Å². The number of carboxylic acids is 1. The predicted molar refractivity (Wildman–Crippen MR) is 81.8 cm³/mol. The highest BCUT2D eigenvalue weighted by Crippen LogP contribution is 2.01. The Balaban J connectivity index is 4.21. The van der Waals surface area contributed by atoms with Gasteiger partial charge in [0.05, 0.1) is 12.8 Å². The van der Waals surface area contributed by atoms with E-state index in [1.807, 2.05) is 6.08 Å². The summed E-state index contributed by atoms with van der Waals surface area (Å²) in [5.41, 5.74) is 0. The first-order valence-corrected chi connectivity index (χ1v) is 7.47. The van der Waals surface area contributed by atoms with E-state index in [2.05, 4.69) is 12.2 Å². The van der Waals surface area contributed by atoms with Crippen LogP contribution in [0.15, 0.2) is 12.2 Å². The molecule has 0 aromatic carbocycles. The van der Waals surface area contributed by atoms with Gasteiger partial charge in [0, 0.05) is 6.54 Å². The molecule has 0 saturated carbocycles. The van der Waals surface area contributed by atoms with Gasteiger partial charge in [0.15, 0.2) is 0 Å². The molecule has 122 valence electrons. The third-order valence-corrected chi connectivity index (χ3v) is 3.10. The van der Waals surface area contributed by atoms with Crippen LogP contribution in [0, 0.1) is 0 Å². The molecule has 2 atom stereocenters. The molecule has 0 aromatic rings. The average Bonchev–Trinajstić information content (AvgIpc) is 2.41. The largest absolute Gasteiger partial charge is 0.480 e. The molecule has 21 heavy (non-hydrogen) atoms. The van der Waals surface area contributed by atoms with E-state index < -0.39 is 18.1 Å². The Morgan fingerprint density at radius 3 is 2.48 bits per heavy atom. The highest BCUT2D eigenvalue weighted by Gasteiger charge is 2.21. The molecule has 0 fully saturated rings. The van der Waals surface area contributed by atoms with Crippen molar-refractivity contribution in [2.75, 3.05) is 13.2 Å². The maximum Gasteiger partial charge on any atom is 0.320 e. The van der Waals surface area contributed by atoms with Gasteiger partial charge in [0.25, 0.3) is 0 Å². The zero-order chi connectivity index (χ0) is 16.3. The fourth-order valence-corrected chi connectivity index (χ4v) is 1.80. The number of aliphatic hydroxyl groups excluding tert-OH is 1. The van der Waals surface area contributed by atoms with Crippen molar-refractivity contribution in [3.63, 3.8) is 0 Å². The molecule has 0 bridgehead atoms. The van der Waals surface area contributed by atoms with Gasteiger partial charge in [0.1, 0.15) is 6.04 Å². The normalized spacial score (nSPS) is 14.3. The van der Waals surface area contributed by atoms with Crippen LogP contribution in [0.2, 0.25) is 0 Å². The number of hydrogen-bond acceptors (Lipinski definition) is 4. The van der Waals surface area contributed by atoms with Crippen LogP contribution in [-0.4, -0.2) is 52.3 Å². The monoisotopic (exact) mass is 300 g/mol. The van der Waals surface area contributed by atoms with Crippen LogP contribution in [0.5, 0.6) is 0 Å². The first-order chi connectivity index (χ1) is 9.88. The average molecular weight is 300 g/mol. The van der Waals surface area contributed by atoms with Gasteiger partial charge in [-0.1, -0.05) is 25.8 Å². The van der Waals surface area contributed by atoms with Gasteiger partial charge in [-0.2, -0.15) is 0 Å². The van der Waals surface area contributed by atoms with Crippen LogP contribution < -0.4 is 5.32 Å². The van der Waals surface area contributed by atoms with Crippen molar-refractivity contribution in [3.05, 3.63) is 12.2 Å². The second-order valence-corrected chi connectivity index (χ2v) is 5.23. The van der Waals surface area contributed by atoms with Gasteiger partial charge >= 0.3 is 5.97 Å². The minimum atomic E-state index is -0.986. The minimum Gasteiger partial charge on any atom is -0.480 e. The molecular weight excluding hydrogens is 272 g/mol. The van der Waals surface area contributed by atoms with Gasteiger partial charge in [-0.3, -0.25) is 14.5 Å². The van der Waals surface area contributed by atoms with E-state index in [1.165, 1.54) is 17.9 Å². The third kappa shape index (κ3) is 10.0. The zero-order valence-electron chi connectivity index (χ0n) is 13.2. The lowest BCUT2D eigenvalue weighted by Crippen LogP contribution is -2.48. The summed E-state index contributed by atoms with van der Waals surface area (Å²) in [7, 11) is 0. The summed E-state index contributed by atoms with van der Waals surface area (Å²) in [6.45, 7) is 5.51. The summed E-state index contributed by atoms with van der Waals surface area (Å²) in [5, 5.41) is 21.0. The highest BCUT2D eigenvalue weighted by atomic mass is 16.4. The van der Waals surface area contributed by atoms with E-state index in [1.54, 1.807) is 6.92 Å². The molecular formula is C15H28N2O4. The predicted octanol–water partition coefficient (Wildman–Crippen LogP) is 1.35. The number of amides is 1. The lowest BCUT2D eigenvalue weighted by molar-refractivity contribution is -0.143. The number of aliphatic hydroxyl groups is 1. The second kappa shape index (κ2) is 11.3. The molecule has 0 heterocycles. The van der Waals surface area contributed by atoms with Crippen molar-refractivity contribution >= 4 is 11.9 Å². The molecule has 0 rings (SSSR count). The number of carbonyl (C=O) groups is 2. The Labute approximate surface area is 126 Å². The van der Waals surface area contributed by atoms with E-state index in [0.29, 0.717) is 0 Å². The van der Waals surface area contributed by atoms with Crippen LogP contribution in [0.25, 0.3) is 0 Å². The highest BCUT2D eigenvalue weighted by molar-refractivity contribution is 5.87. The number of carbonyl (C=O) groups excluding carboxylic acids is 1. The number of nitrogens with one attached hydrogen (secondary N) is 1. The van der Waals surface area contributed by atoms with Gasteiger partial charge in [0.2, 0.25) is 5.91 Å². The fourth-order valence-electron chi connectivity index (χ4n) is 1.80. The van der Waals surface area contributed by atoms with Gasteiger partial charge in [-0.25, -0.2) is 0 Å². The second-order valence-electron chi connectivity index (χ2n) is 5.23. The molecule has 0 aromatic heterocycles. The molecule has 0 aliphatic carbocycles. The van der Waals surface area contributed by atoms with E-state index >= 15 is 0 Å². The van der Waals surface area contributed by atoms with Crippen LogP contribution in [0.4, 0.5) is 0 Å². The van der Waals surface area contributed by atoms with Crippen molar-refractivity contribution in [2.45, 2.75) is 58.6 Å². The third-order valence-electron chi connectivity index (χ3n) is 3.10. The van der Waals surface area contributed by atoms with Crippen molar-refractivity contribution in [2.24, 2.45) is 0 Å². The summed E-state index contributed by atoms with van der Waals surface area (Å²) in [5.74, 6) is -1.24. The summed E-state index contributed by atoms with van der Waals surface area (Å²) in [6.07, 6.45) is 6.85. The SMILES string of the molecule is CCCCC/C=C/C(=O)NCN(CC(C)O)C(C)C(=O)O. The zero-order valence-corrected chi connectivity index (χ0v) is 13.2. The quantitative estimate of drug-likeness (QED) is 0.304. The number of unbranched alkanes of at least 4 members (excludes halogenated alkanes) is 3. The molecule has 0 radical (unpaired) electrons. The molecule has 1 amide bonds. The van der Waals surface area contributed by atoms with Crippen LogP contribution >= 0.6 is 0 Å². The Morgan fingerprint density at radius 1 is 1.29 bits per heavy atom. The summed E-state index contributed by atoms with van der Waals surface area (Å²) in [4.78, 5) is 24.1. The van der Waals surface area contributed by atoms with E-state index in [-0.39, 0.29) is 19.1 Å². The summed E-state index contributed by atoms with van der Waals surface area (Å²) >= 11 is 0. The molecule has 0 aliphatic rings. The molecule has 0 spiro atoms. The maximum atomic E-state index is 11.6. The Morgan fingerprint density at radius 2 is 1.95 bits per heavy atom. The smallest absolute Gasteiger partial charge is 0.320 e. The van der Waals surface area contributed by atoms with E-state index in [9.17, 15) is 14.7 Å². The number of hydrogen-bond donors (Lipinski definition) is 3. The Hall–Kier alpha value is -1.40. The van der Waals surface area contributed by atoms with E-state index in [4.69, 9.17) is 5.11 Å². The van der Waals surface area contributed by atoms with Crippen molar-refractivity contribution in [1.29, 1.82) is 0 Å². The van der Waals surface area contributed by atoms with Crippen molar-refractivity contribution < 1.29 is 19.8 Å². The maximum absolute atomic E-state index is 11.6. The standard InChI is InChI=1S/C15H28N2O4/c1-4-5-6-7-8-9-14(19)16-11-17(10-12(2)18)13(3)15(20)21/h8-9,12-13,18H,4-7,10-11H2,1-3H3,(H,16,19)(H,20,21)/b9-8+. The Kier molecular flexibility index (Phi) is 10.5. The molecule has 2 unspecified atom stereocenters. The first kappa shape index (κ1) is 19.6. The van der Waals surface area contributed by atoms with E-state index in [0.717, 1.165) is 25.7 Å². The topological polar surface area (TPSA) is 89.9 Å². The van der Waals surface area contributed by atoms with Crippen LogP contribution in [0.3, 0.4) is 0 Å². The number of rotatable bonds is 11. The lowest BCUT2D eigenvalue weighted by Gasteiger charge is -2.27. The van der Waals surface area contributed by atoms with Crippen molar-refractivity contribution in [3.8, 4) is 0 Å². The van der Waals surface area contributed by atoms with Crippen molar-refractivity contribution in [1.82, 2.24) is 10.2 Å². The number of aliphatic carboxylic acids is 1. The molecule has 0 saturated heterocycles. The molecule has 6 heteroatoms. The Bertz CT molecular complexity index is 343. The molecule has 0 aliphatic heterocycles. The summed E-state index contributed by atoms with van der Waals surface area (Å²) in [6, 6.07) is -0.770. The van der Waals surface area contributed by atoms with Gasteiger partial charge in [-0.05, 0) is 32.8 Å². The minimum absolute atomic E-state index is 0.0938. The molecule has 6 nitrogen and oxygen atoms in total. The van der Waals surface area contributed by atoms with Gasteiger partial charge in [-0.15, -0.1) is 0 Å². The number of allylic oxidation sites excluding steroid dienone is 1.